The summed E-state index contributed by atoms with van der Waals surface area (Å²) < 4.78 is 47.5. The van der Waals surface area contributed by atoms with E-state index < -0.39 is 15.7 Å². The molecular formula is C24H24FN3O4S. The van der Waals surface area contributed by atoms with E-state index in [2.05, 4.69) is 5.10 Å². The molecule has 0 aliphatic rings. The normalized spacial score (nSPS) is 11.8. The van der Waals surface area contributed by atoms with Crippen LogP contribution in [0.4, 0.5) is 4.39 Å². The molecule has 9 heteroatoms. The van der Waals surface area contributed by atoms with Gasteiger partial charge >= 0.3 is 0 Å². The molecule has 2 aromatic carbocycles. The van der Waals surface area contributed by atoms with Gasteiger partial charge in [-0.3, -0.25) is 4.79 Å². The van der Waals surface area contributed by atoms with E-state index in [1.165, 1.54) is 21.5 Å². The zero-order valence-corrected chi connectivity index (χ0v) is 19.4. The summed E-state index contributed by atoms with van der Waals surface area (Å²) in [5, 5.41) is 5.03. The van der Waals surface area contributed by atoms with Crippen LogP contribution in [-0.4, -0.2) is 35.1 Å². The summed E-state index contributed by atoms with van der Waals surface area (Å²) >= 11 is 0. The second kappa shape index (κ2) is 8.82. The van der Waals surface area contributed by atoms with Crippen molar-refractivity contribution in [2.45, 2.75) is 25.2 Å². The van der Waals surface area contributed by atoms with Gasteiger partial charge in [-0.2, -0.15) is 5.10 Å². The third-order valence-corrected chi connectivity index (χ3v) is 7.16. The molecule has 0 saturated carbocycles. The van der Waals surface area contributed by atoms with Crippen LogP contribution in [0.2, 0.25) is 0 Å². The zero-order chi connectivity index (χ0) is 23.8. The molecule has 0 radical (unpaired) electrons. The Labute approximate surface area is 191 Å². The Bertz CT molecular complexity index is 1510. The van der Waals surface area contributed by atoms with E-state index in [9.17, 15) is 17.6 Å². The number of pyridine rings is 1. The fourth-order valence-electron chi connectivity index (χ4n) is 3.67. The molecule has 0 atom stereocenters. The highest BCUT2D eigenvalue weighted by molar-refractivity contribution is 7.91. The van der Waals surface area contributed by atoms with Gasteiger partial charge in [0, 0.05) is 29.8 Å². The molecule has 2 heterocycles. The first kappa shape index (κ1) is 22.7. The SMILES string of the molecule is CCCOc1ccc(S(=O)(=O)CC)cc1-c1cn(C)c(=O)c2ccc(-n3cc(F)cn3)cc12. The molecule has 2 aromatic heterocycles. The van der Waals surface area contributed by atoms with Gasteiger partial charge in [-0.05, 0) is 48.2 Å². The minimum atomic E-state index is -3.47. The number of hydrogen-bond acceptors (Lipinski definition) is 5. The molecular weight excluding hydrogens is 445 g/mol. The van der Waals surface area contributed by atoms with Crippen molar-refractivity contribution in [2.24, 2.45) is 7.05 Å². The maximum Gasteiger partial charge on any atom is 0.258 e. The van der Waals surface area contributed by atoms with E-state index in [1.54, 1.807) is 50.5 Å². The van der Waals surface area contributed by atoms with Crippen molar-refractivity contribution in [1.82, 2.24) is 14.3 Å². The Morgan fingerprint density at radius 1 is 1.03 bits per heavy atom. The summed E-state index contributed by atoms with van der Waals surface area (Å²) in [6, 6.07) is 9.86. The molecule has 172 valence electrons. The number of rotatable bonds is 7. The number of benzene rings is 2. The van der Waals surface area contributed by atoms with Gasteiger partial charge in [0.15, 0.2) is 15.7 Å². The lowest BCUT2D eigenvalue weighted by Gasteiger charge is -2.16. The minimum Gasteiger partial charge on any atom is -0.493 e. The summed E-state index contributed by atoms with van der Waals surface area (Å²) in [6.07, 6.45) is 4.78. The minimum absolute atomic E-state index is 0.0371. The number of aryl methyl sites for hydroxylation is 1. The first-order valence-electron chi connectivity index (χ1n) is 10.6. The Morgan fingerprint density at radius 3 is 2.48 bits per heavy atom. The summed E-state index contributed by atoms with van der Waals surface area (Å²) in [5.74, 6) is -0.000575. The first-order chi connectivity index (χ1) is 15.7. The van der Waals surface area contributed by atoms with Gasteiger partial charge < -0.3 is 9.30 Å². The molecule has 4 rings (SSSR count). The number of fused-ring (bicyclic) bond motifs is 1. The monoisotopic (exact) mass is 469 g/mol. The molecule has 0 unspecified atom stereocenters. The van der Waals surface area contributed by atoms with Crippen LogP contribution < -0.4 is 10.3 Å². The van der Waals surface area contributed by atoms with E-state index >= 15 is 0 Å². The van der Waals surface area contributed by atoms with Crippen molar-refractivity contribution in [3.8, 4) is 22.6 Å². The standard InChI is InChI=1S/C24H24FN3O4S/c1-4-10-32-23-9-7-18(33(30,31)5-2)12-21(23)22-15-27(3)24(29)19-8-6-17(11-20(19)22)28-14-16(25)13-26-28/h6-9,11-15H,4-5,10H2,1-3H3. The lowest BCUT2D eigenvalue weighted by molar-refractivity contribution is 0.318. The number of hydrogen-bond donors (Lipinski definition) is 0. The number of nitrogens with zero attached hydrogens (tertiary/aromatic N) is 3. The third-order valence-electron chi connectivity index (χ3n) is 5.42. The Hall–Kier alpha value is -3.46. The third kappa shape index (κ3) is 4.28. The van der Waals surface area contributed by atoms with Crippen molar-refractivity contribution in [3.63, 3.8) is 0 Å². The lowest BCUT2D eigenvalue weighted by Crippen LogP contribution is -2.17. The van der Waals surface area contributed by atoms with E-state index in [-0.39, 0.29) is 16.2 Å². The fourth-order valence-corrected chi connectivity index (χ4v) is 4.58. The van der Waals surface area contributed by atoms with Crippen LogP contribution >= 0.6 is 0 Å². The van der Waals surface area contributed by atoms with Crippen LogP contribution in [0.5, 0.6) is 5.75 Å². The molecule has 0 bridgehead atoms. The van der Waals surface area contributed by atoms with Crippen molar-refractivity contribution in [3.05, 3.63) is 71.2 Å². The highest BCUT2D eigenvalue weighted by Crippen LogP contribution is 2.37. The van der Waals surface area contributed by atoms with E-state index in [4.69, 9.17) is 4.74 Å². The summed E-state index contributed by atoms with van der Waals surface area (Å²) in [5.41, 5.74) is 1.54. The van der Waals surface area contributed by atoms with Crippen LogP contribution in [0, 0.1) is 5.82 Å². The molecule has 33 heavy (non-hydrogen) atoms. The summed E-state index contributed by atoms with van der Waals surface area (Å²) in [7, 11) is -1.83. The molecule has 0 spiro atoms. The van der Waals surface area contributed by atoms with Crippen molar-refractivity contribution >= 4 is 20.6 Å². The number of ether oxygens (including phenoxy) is 1. The number of sulfone groups is 1. The Kier molecular flexibility index (Phi) is 6.07. The molecule has 0 fully saturated rings. The van der Waals surface area contributed by atoms with Crippen LogP contribution in [0.3, 0.4) is 0 Å². The van der Waals surface area contributed by atoms with E-state index in [1.807, 2.05) is 6.92 Å². The van der Waals surface area contributed by atoms with Crippen molar-refractivity contribution < 1.29 is 17.5 Å². The molecule has 0 amide bonds. The second-order valence-corrected chi connectivity index (χ2v) is 9.98. The molecule has 0 saturated heterocycles. The zero-order valence-electron chi connectivity index (χ0n) is 18.6. The van der Waals surface area contributed by atoms with Crippen LogP contribution in [0.1, 0.15) is 20.3 Å². The molecule has 4 aromatic rings. The van der Waals surface area contributed by atoms with Crippen LogP contribution in [0.25, 0.3) is 27.6 Å². The maximum atomic E-state index is 13.5. The first-order valence-corrected chi connectivity index (χ1v) is 12.2. The number of aromatic nitrogens is 3. The van der Waals surface area contributed by atoms with Crippen LogP contribution in [0.15, 0.2) is 64.7 Å². The topological polar surface area (TPSA) is 83.2 Å². The van der Waals surface area contributed by atoms with Gasteiger partial charge in [-0.15, -0.1) is 0 Å². The van der Waals surface area contributed by atoms with Gasteiger partial charge in [0.05, 0.1) is 35.3 Å². The van der Waals surface area contributed by atoms with Crippen molar-refractivity contribution in [2.75, 3.05) is 12.4 Å². The van der Waals surface area contributed by atoms with Crippen molar-refractivity contribution in [1.29, 1.82) is 0 Å². The van der Waals surface area contributed by atoms with E-state index in [0.717, 1.165) is 12.6 Å². The summed E-state index contributed by atoms with van der Waals surface area (Å²) in [6.45, 7) is 4.02. The summed E-state index contributed by atoms with van der Waals surface area (Å²) in [4.78, 5) is 13.0. The van der Waals surface area contributed by atoms with Gasteiger partial charge in [-0.1, -0.05) is 13.8 Å². The second-order valence-electron chi connectivity index (χ2n) is 7.70. The van der Waals surface area contributed by atoms with Gasteiger partial charge in [-0.25, -0.2) is 17.5 Å². The largest absolute Gasteiger partial charge is 0.493 e. The predicted molar refractivity (Wildman–Crippen MR) is 125 cm³/mol. The quantitative estimate of drug-likeness (QED) is 0.407. The van der Waals surface area contributed by atoms with Gasteiger partial charge in [0.25, 0.3) is 5.56 Å². The lowest BCUT2D eigenvalue weighted by atomic mass is 9.99. The Balaban J connectivity index is 2.04. The Morgan fingerprint density at radius 2 is 1.82 bits per heavy atom. The number of halogens is 1. The fraction of sp³-hybridized carbons (Fsp3) is 0.250. The average molecular weight is 470 g/mol. The van der Waals surface area contributed by atoms with Crippen LogP contribution in [-0.2, 0) is 16.9 Å². The molecule has 0 N–H and O–H groups in total. The molecule has 7 nitrogen and oxygen atoms in total. The van der Waals surface area contributed by atoms with E-state index in [0.29, 0.717) is 39.9 Å². The van der Waals surface area contributed by atoms with Gasteiger partial charge in [0.1, 0.15) is 5.75 Å². The molecule has 0 aliphatic heterocycles. The highest BCUT2D eigenvalue weighted by atomic mass is 32.2. The van der Waals surface area contributed by atoms with Gasteiger partial charge in [0.2, 0.25) is 0 Å². The average Bonchev–Trinajstić information content (AvgIpc) is 3.26. The maximum absolute atomic E-state index is 13.5. The smallest absolute Gasteiger partial charge is 0.258 e. The molecule has 0 aliphatic carbocycles. The highest BCUT2D eigenvalue weighted by Gasteiger charge is 2.19. The predicted octanol–water partition coefficient (Wildman–Crippen LogP) is 4.11.